The molecule has 1 aromatic carbocycles. The molecule has 0 unspecified atom stereocenters. The highest BCUT2D eigenvalue weighted by Crippen LogP contribution is 2.18. The van der Waals surface area contributed by atoms with Gasteiger partial charge in [-0.1, -0.05) is 12.1 Å². The second-order valence-electron chi connectivity index (χ2n) is 8.03. The normalized spacial score (nSPS) is 11.0. The summed E-state index contributed by atoms with van der Waals surface area (Å²) >= 11 is 0. The first-order chi connectivity index (χ1) is 17.0. The maximum Gasteiger partial charge on any atom is 0.336 e. The van der Waals surface area contributed by atoms with Gasteiger partial charge in [0.2, 0.25) is 0 Å². The Morgan fingerprint density at radius 3 is 2.25 bits per heavy atom. The van der Waals surface area contributed by atoms with Gasteiger partial charge in [-0.3, -0.25) is 14.5 Å². The summed E-state index contributed by atoms with van der Waals surface area (Å²) in [7, 11) is 1.69. The van der Waals surface area contributed by atoms with Crippen molar-refractivity contribution < 1.29 is 44.0 Å². The molecule has 0 spiro atoms. The monoisotopic (exact) mass is 503 g/mol. The van der Waals surface area contributed by atoms with Crippen molar-refractivity contribution in [3.05, 3.63) is 71.7 Å². The van der Waals surface area contributed by atoms with Crippen molar-refractivity contribution in [2.24, 2.45) is 0 Å². The zero-order valence-corrected chi connectivity index (χ0v) is 19.9. The van der Waals surface area contributed by atoms with Gasteiger partial charge in [-0.2, -0.15) is 0 Å². The number of benzene rings is 1. The number of carbonyl (C=O) groups is 3. The zero-order chi connectivity index (χ0) is 26.7. The molecule has 0 atom stereocenters. The third-order valence-corrected chi connectivity index (χ3v) is 5.09. The molecule has 36 heavy (non-hydrogen) atoms. The van der Waals surface area contributed by atoms with Crippen molar-refractivity contribution in [2.75, 3.05) is 7.11 Å². The van der Waals surface area contributed by atoms with Crippen molar-refractivity contribution in [1.82, 2.24) is 14.9 Å². The molecule has 12 nitrogen and oxygen atoms in total. The van der Waals surface area contributed by atoms with Gasteiger partial charge in [-0.25, -0.2) is 9.78 Å². The Balaban J connectivity index is 0.000000302. The Kier molecular flexibility index (Phi) is 10.2. The average Bonchev–Trinajstić information content (AvgIpc) is 3.45. The molecular weight excluding hydrogens is 474 g/mol. The van der Waals surface area contributed by atoms with E-state index in [0.717, 1.165) is 42.5 Å². The summed E-state index contributed by atoms with van der Waals surface area (Å²) in [5, 5.41) is 33.8. The van der Waals surface area contributed by atoms with Crippen molar-refractivity contribution >= 4 is 17.9 Å². The van der Waals surface area contributed by atoms with Crippen LogP contribution < -0.4 is 4.74 Å². The van der Waals surface area contributed by atoms with Gasteiger partial charge in [0.1, 0.15) is 11.5 Å². The number of furan rings is 1. The summed E-state index contributed by atoms with van der Waals surface area (Å²) in [6.07, 6.45) is 1.16. The maximum atomic E-state index is 10.3. The number of aromatic amines is 1. The van der Waals surface area contributed by atoms with Crippen molar-refractivity contribution in [1.29, 1.82) is 0 Å². The van der Waals surface area contributed by atoms with Crippen LogP contribution in [0.5, 0.6) is 5.75 Å². The average molecular weight is 504 g/mol. The number of aryl methyl sites for hydroxylation is 1. The summed E-state index contributed by atoms with van der Waals surface area (Å²) in [6.45, 7) is 4.33. The number of nitrogens with zero attached hydrogens (tertiary/aromatic N) is 2. The van der Waals surface area contributed by atoms with E-state index in [9.17, 15) is 14.4 Å². The lowest BCUT2D eigenvalue weighted by atomic mass is 9.96. The van der Waals surface area contributed by atoms with E-state index in [1.165, 1.54) is 5.56 Å². The number of nitrogens with one attached hydrogen (secondary N) is 1. The largest absolute Gasteiger partial charge is 0.497 e. The second-order valence-corrected chi connectivity index (χ2v) is 8.03. The first kappa shape index (κ1) is 28.1. The van der Waals surface area contributed by atoms with Gasteiger partial charge in [0.25, 0.3) is 0 Å². The third-order valence-electron chi connectivity index (χ3n) is 5.09. The fourth-order valence-electron chi connectivity index (χ4n) is 3.29. The fraction of sp³-hybridized carbons (Fsp3) is 0.333. The van der Waals surface area contributed by atoms with Crippen LogP contribution in [-0.2, 0) is 34.0 Å². The van der Waals surface area contributed by atoms with Crippen molar-refractivity contribution in [2.45, 2.75) is 45.0 Å². The van der Waals surface area contributed by atoms with E-state index in [4.69, 9.17) is 29.6 Å². The van der Waals surface area contributed by atoms with Gasteiger partial charge >= 0.3 is 17.9 Å². The lowest BCUT2D eigenvalue weighted by Gasteiger charge is -2.21. The first-order valence-electron chi connectivity index (χ1n) is 10.8. The number of aliphatic hydroxyl groups is 1. The van der Waals surface area contributed by atoms with E-state index in [1.807, 2.05) is 31.2 Å². The number of carboxylic acids is 3. The van der Waals surface area contributed by atoms with Crippen LogP contribution >= 0.6 is 0 Å². The second kappa shape index (κ2) is 13.1. The lowest BCUT2D eigenvalue weighted by Crippen LogP contribution is -2.42. The van der Waals surface area contributed by atoms with Crippen LogP contribution in [0.3, 0.4) is 0 Å². The van der Waals surface area contributed by atoms with E-state index in [0.29, 0.717) is 0 Å². The number of imidazole rings is 1. The van der Waals surface area contributed by atoms with Crippen LogP contribution in [0.4, 0.5) is 0 Å². The predicted octanol–water partition coefficient (Wildman–Crippen LogP) is 2.27. The van der Waals surface area contributed by atoms with Crippen LogP contribution in [0.25, 0.3) is 0 Å². The number of hydrogen-bond donors (Lipinski definition) is 5. The smallest absolute Gasteiger partial charge is 0.336 e. The maximum absolute atomic E-state index is 10.3. The Hall–Kier alpha value is -4.16. The van der Waals surface area contributed by atoms with Gasteiger partial charge in [-0.15, -0.1) is 0 Å². The van der Waals surface area contributed by atoms with E-state index < -0.39 is 36.4 Å². The Bertz CT molecular complexity index is 1130. The molecule has 0 fully saturated rings. The Labute approximate surface area is 206 Å². The van der Waals surface area contributed by atoms with E-state index in [2.05, 4.69) is 27.0 Å². The molecule has 2 heterocycles. The lowest BCUT2D eigenvalue weighted by molar-refractivity contribution is -0.170. The van der Waals surface area contributed by atoms with Crippen LogP contribution in [0, 0.1) is 6.92 Å². The molecule has 2 aromatic heterocycles. The summed E-state index contributed by atoms with van der Waals surface area (Å²) in [6, 6.07) is 12.0. The minimum atomic E-state index is -2.74. The fourth-order valence-corrected chi connectivity index (χ4v) is 3.29. The van der Waals surface area contributed by atoms with Gasteiger partial charge in [0.05, 0.1) is 44.8 Å². The van der Waals surface area contributed by atoms with Crippen molar-refractivity contribution in [3.8, 4) is 5.75 Å². The molecule has 3 aromatic rings. The highest BCUT2D eigenvalue weighted by Gasteiger charge is 2.40. The standard InChI is InChI=1S/C18H21N3O2.C6H8O7/c1-14-18(20-13-19-14)12-21(11-17-7-4-8-23-17)10-15-5-3-6-16(9-15)22-2;7-3(8)1-6(13,5(11)12)2-4(9)10/h3-9,13H,10-12H2,1-2H3,(H,19,20);13H,1-2H2,(H,7,8)(H,9,10)(H,11,12). The first-order valence-corrected chi connectivity index (χ1v) is 10.8. The highest BCUT2D eigenvalue weighted by atomic mass is 16.5. The molecular formula is C24H29N3O9. The molecule has 0 saturated heterocycles. The van der Waals surface area contributed by atoms with Gasteiger partial charge in [0.15, 0.2) is 5.60 Å². The summed E-state index contributed by atoms with van der Waals surface area (Å²) in [5.41, 5.74) is 0.612. The minimum Gasteiger partial charge on any atom is -0.497 e. The van der Waals surface area contributed by atoms with Crippen LogP contribution in [-0.4, -0.2) is 65.9 Å². The van der Waals surface area contributed by atoms with Gasteiger partial charge < -0.3 is 34.6 Å². The third kappa shape index (κ3) is 8.89. The quantitative estimate of drug-likeness (QED) is 0.244. The molecule has 0 radical (unpaired) electrons. The molecule has 0 aliphatic heterocycles. The zero-order valence-electron chi connectivity index (χ0n) is 19.9. The SMILES string of the molecule is COc1cccc(CN(Cc2ccco2)Cc2nc[nH]c2C)c1.O=C(O)CC(O)(CC(=O)O)C(=O)O. The van der Waals surface area contributed by atoms with Crippen LogP contribution in [0.1, 0.15) is 35.6 Å². The van der Waals surface area contributed by atoms with E-state index in [1.54, 1.807) is 19.7 Å². The number of methoxy groups -OCH3 is 1. The molecule has 194 valence electrons. The molecule has 0 saturated carbocycles. The molecule has 0 aliphatic carbocycles. The molecule has 5 N–H and O–H groups in total. The van der Waals surface area contributed by atoms with E-state index >= 15 is 0 Å². The summed E-state index contributed by atoms with van der Waals surface area (Å²) in [4.78, 5) is 40.3. The van der Waals surface area contributed by atoms with Crippen LogP contribution in [0.15, 0.2) is 53.4 Å². The van der Waals surface area contributed by atoms with Crippen LogP contribution in [0.2, 0.25) is 0 Å². The Morgan fingerprint density at radius 1 is 1.06 bits per heavy atom. The molecule has 3 rings (SSSR count). The number of aromatic nitrogens is 2. The summed E-state index contributed by atoms with van der Waals surface area (Å²) in [5.74, 6) is -3.20. The number of aliphatic carboxylic acids is 3. The number of H-pyrrole nitrogens is 1. The minimum absolute atomic E-state index is 0.733. The molecule has 0 amide bonds. The number of carboxylic acid groups (broad SMARTS) is 3. The Morgan fingerprint density at radius 2 is 1.75 bits per heavy atom. The molecule has 0 aliphatic rings. The predicted molar refractivity (Wildman–Crippen MR) is 125 cm³/mol. The van der Waals surface area contributed by atoms with Crippen molar-refractivity contribution in [3.63, 3.8) is 0 Å². The highest BCUT2D eigenvalue weighted by molar-refractivity contribution is 5.88. The number of rotatable bonds is 12. The number of ether oxygens (including phenoxy) is 1. The van der Waals surface area contributed by atoms with Gasteiger partial charge in [-0.05, 0) is 36.8 Å². The summed E-state index contributed by atoms with van der Waals surface area (Å²) < 4.78 is 10.8. The molecule has 12 heteroatoms. The van der Waals surface area contributed by atoms with Gasteiger partial charge in [0, 0.05) is 18.8 Å². The van der Waals surface area contributed by atoms with E-state index in [-0.39, 0.29) is 0 Å². The topological polar surface area (TPSA) is 186 Å². The number of hydrogen-bond acceptors (Lipinski definition) is 8. The molecule has 0 bridgehead atoms.